The van der Waals surface area contributed by atoms with Gasteiger partial charge in [0.25, 0.3) is 0 Å². The van der Waals surface area contributed by atoms with E-state index in [0.717, 1.165) is 5.92 Å². The topological polar surface area (TPSA) is 0 Å². The molecule has 162 valence electrons. The third kappa shape index (κ3) is 9.83. The average molecular weight is 511 g/mol. The van der Waals surface area contributed by atoms with Gasteiger partial charge in [-0.1, -0.05) is 0 Å². The van der Waals surface area contributed by atoms with E-state index in [1.165, 1.54) is 69.8 Å². The Morgan fingerprint density at radius 2 is 1.50 bits per heavy atom. The fourth-order valence-corrected chi connectivity index (χ4v) is 24.6. The van der Waals surface area contributed by atoms with E-state index in [0.29, 0.717) is 0 Å². The van der Waals surface area contributed by atoms with Crippen molar-refractivity contribution in [3.63, 3.8) is 0 Å². The van der Waals surface area contributed by atoms with Crippen molar-refractivity contribution < 1.29 is 0 Å². The van der Waals surface area contributed by atoms with E-state index < -0.39 is 18.4 Å². The molecule has 0 saturated carbocycles. The van der Waals surface area contributed by atoms with Gasteiger partial charge < -0.3 is 0 Å². The standard InChI is InChI=1S/C14H21S.3C4H9.Sn/c1-12(2)6-4-7-13(3)9-10-14-8-5-11-15-14;3*1-3-4-2;/h5-6,8,13H,4,7,9-10H2,1-3H3;3*1,3-4H2,2H3;/t13-;;;;/m1..../s1. The van der Waals surface area contributed by atoms with Crippen LogP contribution in [0.4, 0.5) is 0 Å². The average Bonchev–Trinajstić information content (AvgIpc) is 3.15. The Hall–Kier alpha value is 0.239. The summed E-state index contributed by atoms with van der Waals surface area (Å²) in [5.74, 6) is 0.842. The Morgan fingerprint density at radius 3 is 2.00 bits per heavy atom. The molecule has 0 aromatic carbocycles. The van der Waals surface area contributed by atoms with Crippen molar-refractivity contribution in [1.82, 2.24) is 0 Å². The van der Waals surface area contributed by atoms with Crippen LogP contribution in [0.1, 0.15) is 104 Å². The Balaban J connectivity index is 2.78. The SMILES string of the molecule is CCC[CH2][Sn]([CH2]CCC)([CH2]CCC)[c]1ccc(CC[C@H](C)CCC=C(C)C)s1. The number of aryl methyl sites for hydroxylation is 1. The normalized spacial score (nSPS) is 12.9. The second-order valence-corrected chi connectivity index (χ2v) is 24.7. The number of thiophene rings is 1. The van der Waals surface area contributed by atoms with Gasteiger partial charge in [0.2, 0.25) is 0 Å². The molecule has 0 spiro atoms. The van der Waals surface area contributed by atoms with E-state index in [1.807, 2.05) is 2.89 Å². The Labute approximate surface area is 185 Å². The van der Waals surface area contributed by atoms with Crippen LogP contribution in [0, 0.1) is 5.92 Å². The first-order valence-electron chi connectivity index (χ1n) is 12.2. The Kier molecular flexibility index (Phi) is 14.2. The second-order valence-electron chi connectivity index (χ2n) is 9.36. The Bertz CT molecular complexity index is 517. The molecule has 0 radical (unpaired) electrons. The van der Waals surface area contributed by atoms with E-state index in [2.05, 4.69) is 71.1 Å². The number of hydrogen-bond acceptors (Lipinski definition) is 1. The molecule has 1 rings (SSSR count). The van der Waals surface area contributed by atoms with Crippen molar-refractivity contribution in [1.29, 1.82) is 0 Å². The van der Waals surface area contributed by atoms with Gasteiger partial charge in [-0.3, -0.25) is 0 Å². The van der Waals surface area contributed by atoms with Gasteiger partial charge in [-0.15, -0.1) is 0 Å². The van der Waals surface area contributed by atoms with E-state index in [1.54, 1.807) is 18.2 Å². The maximum absolute atomic E-state index is 2.60. The van der Waals surface area contributed by atoms with Crippen LogP contribution in [0.25, 0.3) is 0 Å². The van der Waals surface area contributed by atoms with Gasteiger partial charge in [0.1, 0.15) is 0 Å². The maximum atomic E-state index is 2.60. The molecule has 1 aromatic rings. The molecule has 0 nitrogen and oxygen atoms in total. The summed E-state index contributed by atoms with van der Waals surface area (Å²) < 4.78 is 6.72. The van der Waals surface area contributed by atoms with Crippen LogP contribution >= 0.6 is 11.3 Å². The first kappa shape index (κ1) is 26.3. The summed E-state index contributed by atoms with van der Waals surface area (Å²) in [5.41, 5.74) is 1.46. The summed E-state index contributed by atoms with van der Waals surface area (Å²) in [5, 5.41) is 0. The van der Waals surface area contributed by atoms with Crippen LogP contribution in [0.3, 0.4) is 0 Å². The van der Waals surface area contributed by atoms with Gasteiger partial charge in [-0.25, -0.2) is 0 Å². The van der Waals surface area contributed by atoms with Crippen molar-refractivity contribution in [2.24, 2.45) is 5.92 Å². The predicted molar refractivity (Wildman–Crippen MR) is 135 cm³/mol. The zero-order valence-electron chi connectivity index (χ0n) is 19.9. The third-order valence-electron chi connectivity index (χ3n) is 6.31. The van der Waals surface area contributed by atoms with Gasteiger partial charge in [0, 0.05) is 0 Å². The molecule has 0 bridgehead atoms. The molecule has 1 heterocycles. The molecule has 0 aliphatic heterocycles. The molecule has 0 saturated heterocycles. The predicted octanol–water partition coefficient (Wildman–Crippen LogP) is 9.12. The molecular formula is C26H48SSn. The molecule has 1 aromatic heterocycles. The fourth-order valence-electron chi connectivity index (χ4n) is 4.28. The van der Waals surface area contributed by atoms with E-state index in [4.69, 9.17) is 0 Å². The zero-order valence-corrected chi connectivity index (χ0v) is 23.6. The first-order chi connectivity index (χ1) is 13.5. The zero-order chi connectivity index (χ0) is 20.8. The molecule has 0 aliphatic rings. The molecule has 0 amide bonds. The van der Waals surface area contributed by atoms with Crippen LogP contribution in [-0.2, 0) is 6.42 Å². The molecule has 2 heteroatoms. The summed E-state index contributed by atoms with van der Waals surface area (Å²) in [6.45, 7) is 14.0. The summed E-state index contributed by atoms with van der Waals surface area (Å²) >= 11 is 0.0539. The van der Waals surface area contributed by atoms with Crippen molar-refractivity contribution in [2.45, 2.75) is 119 Å². The summed E-state index contributed by atoms with van der Waals surface area (Å²) in [4.78, 5) is 1.68. The van der Waals surface area contributed by atoms with E-state index in [9.17, 15) is 0 Å². The van der Waals surface area contributed by atoms with Crippen LogP contribution in [0.2, 0.25) is 13.3 Å². The van der Waals surface area contributed by atoms with Crippen molar-refractivity contribution >= 4 is 32.6 Å². The fraction of sp³-hybridized carbons (Fsp3) is 0.769. The number of hydrogen-bond donors (Lipinski definition) is 0. The number of rotatable bonds is 16. The summed E-state index contributed by atoms with van der Waals surface area (Å²) in [6.07, 6.45) is 16.2. The van der Waals surface area contributed by atoms with Gasteiger partial charge in [-0.05, 0) is 0 Å². The van der Waals surface area contributed by atoms with Gasteiger partial charge in [-0.2, -0.15) is 0 Å². The van der Waals surface area contributed by atoms with Crippen molar-refractivity contribution in [2.75, 3.05) is 0 Å². The summed E-state index contributed by atoms with van der Waals surface area (Å²) in [6, 6.07) is 5.11. The van der Waals surface area contributed by atoms with Crippen LogP contribution in [0.5, 0.6) is 0 Å². The molecule has 0 N–H and O–H groups in total. The molecule has 0 fully saturated rings. The van der Waals surface area contributed by atoms with E-state index in [-0.39, 0.29) is 0 Å². The van der Waals surface area contributed by atoms with Crippen LogP contribution < -0.4 is 2.89 Å². The number of allylic oxidation sites excluding steroid dienone is 2. The first-order valence-corrected chi connectivity index (χ1v) is 20.5. The molecule has 0 unspecified atom stereocenters. The van der Waals surface area contributed by atoms with Gasteiger partial charge in [0.05, 0.1) is 0 Å². The molecule has 0 aliphatic carbocycles. The Morgan fingerprint density at radius 1 is 0.929 bits per heavy atom. The van der Waals surface area contributed by atoms with E-state index >= 15 is 0 Å². The van der Waals surface area contributed by atoms with Gasteiger partial charge in [0.15, 0.2) is 0 Å². The van der Waals surface area contributed by atoms with Crippen LogP contribution in [0.15, 0.2) is 23.8 Å². The van der Waals surface area contributed by atoms with Gasteiger partial charge >= 0.3 is 186 Å². The molecule has 1 atom stereocenters. The van der Waals surface area contributed by atoms with Crippen molar-refractivity contribution in [3.8, 4) is 0 Å². The summed E-state index contributed by atoms with van der Waals surface area (Å²) in [7, 11) is 0. The third-order valence-corrected chi connectivity index (χ3v) is 25.7. The molecular weight excluding hydrogens is 463 g/mol. The monoisotopic (exact) mass is 512 g/mol. The second kappa shape index (κ2) is 15.1. The number of unbranched alkanes of at least 4 members (excludes halogenated alkanes) is 3. The van der Waals surface area contributed by atoms with Crippen LogP contribution in [-0.4, -0.2) is 18.4 Å². The molecule has 28 heavy (non-hydrogen) atoms. The minimum absolute atomic E-state index is 0.842. The minimum atomic E-state index is -2.19. The quantitative estimate of drug-likeness (QED) is 0.153. The van der Waals surface area contributed by atoms with Crippen molar-refractivity contribution in [3.05, 3.63) is 28.7 Å².